The van der Waals surface area contributed by atoms with E-state index >= 15 is 0 Å². The summed E-state index contributed by atoms with van der Waals surface area (Å²) in [5, 5.41) is 9.47. The number of carbonyl (C=O) groups is 1. The monoisotopic (exact) mass is 481 g/mol. The van der Waals surface area contributed by atoms with Crippen LogP contribution in [0.4, 0.5) is 5.69 Å². The highest BCUT2D eigenvalue weighted by Crippen LogP contribution is 2.43. The van der Waals surface area contributed by atoms with Gasteiger partial charge in [-0.1, -0.05) is 19.3 Å². The Kier molecular flexibility index (Phi) is 6.51. The van der Waals surface area contributed by atoms with E-state index in [-0.39, 0.29) is 11.9 Å². The van der Waals surface area contributed by atoms with Gasteiger partial charge in [0.15, 0.2) is 5.65 Å². The number of esters is 1. The maximum absolute atomic E-state index is 12.6. The van der Waals surface area contributed by atoms with Crippen molar-refractivity contribution in [3.63, 3.8) is 0 Å². The Hall–Kier alpha value is -2.61. The van der Waals surface area contributed by atoms with Crippen molar-refractivity contribution in [2.24, 2.45) is 5.92 Å². The van der Waals surface area contributed by atoms with Gasteiger partial charge in [-0.3, -0.25) is 15.1 Å². The zero-order chi connectivity index (χ0) is 24.6. The molecule has 35 heavy (non-hydrogen) atoms. The van der Waals surface area contributed by atoms with Gasteiger partial charge in [-0.05, 0) is 72.3 Å². The number of rotatable bonds is 5. The van der Waals surface area contributed by atoms with E-state index in [4.69, 9.17) is 14.6 Å². The van der Waals surface area contributed by atoms with E-state index in [1.807, 2.05) is 37.8 Å². The Morgan fingerprint density at radius 1 is 1.20 bits per heavy atom. The molecule has 0 bridgehead atoms. The van der Waals surface area contributed by atoms with Crippen LogP contribution in [0.25, 0.3) is 16.7 Å². The minimum absolute atomic E-state index is 0.0673. The molecule has 2 saturated carbocycles. The van der Waals surface area contributed by atoms with Crippen LogP contribution in [0.2, 0.25) is 0 Å². The normalized spacial score (nSPS) is 25.5. The second-order valence-corrected chi connectivity index (χ2v) is 11.4. The van der Waals surface area contributed by atoms with Crippen LogP contribution in [0.3, 0.4) is 0 Å². The molecule has 0 aromatic carbocycles. The Bertz CT molecular complexity index is 1100. The molecule has 8 nitrogen and oxygen atoms in total. The molecule has 2 N–H and O–H groups in total. The van der Waals surface area contributed by atoms with Crippen molar-refractivity contribution in [1.82, 2.24) is 20.2 Å². The molecule has 0 unspecified atom stereocenters. The number of carbonyl (C=O) groups excluding carboxylic acids is 1. The average molecular weight is 482 g/mol. The topological polar surface area (TPSA) is 90.3 Å². The number of ether oxygens (including phenoxy) is 1. The first-order chi connectivity index (χ1) is 16.8. The summed E-state index contributed by atoms with van der Waals surface area (Å²) < 4.78 is 7.57. The van der Waals surface area contributed by atoms with Crippen molar-refractivity contribution in [1.29, 1.82) is 0 Å². The lowest BCUT2D eigenvalue weighted by atomic mass is 9.78. The summed E-state index contributed by atoms with van der Waals surface area (Å²) in [7, 11) is 0. The molecule has 0 radical (unpaired) electrons. The number of anilines is 1. The fraction of sp³-hybridized carbons (Fsp3) is 0.667. The highest BCUT2D eigenvalue weighted by atomic mass is 16.7. The molecule has 2 aromatic rings. The van der Waals surface area contributed by atoms with Gasteiger partial charge in [0.1, 0.15) is 11.2 Å². The van der Waals surface area contributed by atoms with Crippen LogP contribution in [-0.4, -0.2) is 38.0 Å². The molecule has 2 fully saturated rings. The summed E-state index contributed by atoms with van der Waals surface area (Å²) in [6.45, 7) is 8.63. The largest absolute Gasteiger partial charge is 0.460 e. The molecule has 2 aliphatic carbocycles. The average Bonchev–Trinajstić information content (AvgIpc) is 3.44. The summed E-state index contributed by atoms with van der Waals surface area (Å²) in [6, 6.07) is 0.458. The molecule has 5 rings (SSSR count). The number of nitrogens with zero attached hydrogens (tertiary/aromatic N) is 3. The van der Waals surface area contributed by atoms with Gasteiger partial charge in [-0.2, -0.15) is 5.10 Å². The number of nitrogens with one attached hydrogen (secondary N) is 2. The lowest BCUT2D eigenvalue weighted by Crippen LogP contribution is -2.38. The van der Waals surface area contributed by atoms with Crippen LogP contribution in [0.1, 0.15) is 91.0 Å². The van der Waals surface area contributed by atoms with Crippen molar-refractivity contribution >= 4 is 28.4 Å². The fourth-order valence-corrected chi connectivity index (χ4v) is 5.65. The first-order valence-electron chi connectivity index (χ1n) is 13.3. The van der Waals surface area contributed by atoms with Crippen LogP contribution in [0.15, 0.2) is 18.5 Å². The van der Waals surface area contributed by atoms with E-state index in [9.17, 15) is 4.79 Å². The standard InChI is InChI=1S/C27H39N5O3/c1-5-32-24-21(17-29-32)23(30-19-9-7-6-8-10-19)20(16-28-24)22-15-27(35-31-22)13-11-18(12-14-27)25(33)34-26(2,3)4/h15-19,31H,5-14H2,1-4H3,(H,28,30). The van der Waals surface area contributed by atoms with Gasteiger partial charge in [-0.25, -0.2) is 9.67 Å². The third-order valence-electron chi connectivity index (χ3n) is 7.55. The number of hydrogen-bond donors (Lipinski definition) is 2. The summed E-state index contributed by atoms with van der Waals surface area (Å²) in [5.74, 6) is -0.161. The molecule has 3 aliphatic rings. The van der Waals surface area contributed by atoms with Crippen LogP contribution in [0, 0.1) is 5.92 Å². The molecule has 1 spiro atoms. The molecule has 2 aromatic heterocycles. The van der Waals surface area contributed by atoms with Crippen molar-refractivity contribution in [3.05, 3.63) is 24.0 Å². The minimum Gasteiger partial charge on any atom is -0.460 e. The zero-order valence-electron chi connectivity index (χ0n) is 21.5. The van der Waals surface area contributed by atoms with E-state index in [1.165, 1.54) is 32.1 Å². The Morgan fingerprint density at radius 2 is 1.94 bits per heavy atom. The van der Waals surface area contributed by atoms with Gasteiger partial charge in [0.25, 0.3) is 0 Å². The van der Waals surface area contributed by atoms with E-state index in [1.54, 1.807) is 0 Å². The van der Waals surface area contributed by atoms with Gasteiger partial charge in [0.2, 0.25) is 0 Å². The van der Waals surface area contributed by atoms with E-state index in [2.05, 4.69) is 28.9 Å². The Morgan fingerprint density at radius 3 is 2.63 bits per heavy atom. The van der Waals surface area contributed by atoms with E-state index in [0.29, 0.717) is 6.04 Å². The molecule has 1 aliphatic heterocycles. The highest BCUT2D eigenvalue weighted by molar-refractivity contribution is 5.95. The zero-order valence-corrected chi connectivity index (χ0v) is 21.5. The van der Waals surface area contributed by atoms with Gasteiger partial charge in [0, 0.05) is 24.3 Å². The first-order valence-corrected chi connectivity index (χ1v) is 13.3. The van der Waals surface area contributed by atoms with Crippen LogP contribution < -0.4 is 10.8 Å². The number of hydroxylamine groups is 1. The molecule has 0 saturated heterocycles. The maximum Gasteiger partial charge on any atom is 0.309 e. The lowest BCUT2D eigenvalue weighted by molar-refractivity contribution is -0.163. The summed E-state index contributed by atoms with van der Waals surface area (Å²) in [6.07, 6.45) is 15.4. The van der Waals surface area contributed by atoms with E-state index in [0.717, 1.165) is 60.2 Å². The third kappa shape index (κ3) is 5.03. The van der Waals surface area contributed by atoms with Crippen molar-refractivity contribution in [3.8, 4) is 0 Å². The quantitative estimate of drug-likeness (QED) is 0.557. The summed E-state index contributed by atoms with van der Waals surface area (Å²) >= 11 is 0. The molecule has 3 heterocycles. The predicted octanol–water partition coefficient (Wildman–Crippen LogP) is 5.34. The second kappa shape index (κ2) is 9.45. The number of hydrogen-bond acceptors (Lipinski definition) is 7. The first kappa shape index (κ1) is 24.1. The van der Waals surface area contributed by atoms with Crippen molar-refractivity contribution in [2.45, 2.75) is 109 Å². The fourth-order valence-electron chi connectivity index (χ4n) is 5.65. The highest BCUT2D eigenvalue weighted by Gasteiger charge is 2.42. The smallest absolute Gasteiger partial charge is 0.309 e. The minimum atomic E-state index is -0.455. The summed E-state index contributed by atoms with van der Waals surface area (Å²) in [5.41, 5.74) is 6.31. The van der Waals surface area contributed by atoms with Gasteiger partial charge >= 0.3 is 5.97 Å². The molecule has 0 atom stereocenters. The second-order valence-electron chi connectivity index (χ2n) is 11.4. The summed E-state index contributed by atoms with van der Waals surface area (Å²) in [4.78, 5) is 23.5. The van der Waals surface area contributed by atoms with Gasteiger partial charge in [-0.15, -0.1) is 0 Å². The Labute approximate surface area is 207 Å². The van der Waals surface area contributed by atoms with Crippen molar-refractivity contribution < 1.29 is 14.4 Å². The number of aromatic nitrogens is 3. The van der Waals surface area contributed by atoms with Gasteiger partial charge in [0.05, 0.1) is 28.9 Å². The molecule has 0 amide bonds. The predicted molar refractivity (Wildman–Crippen MR) is 136 cm³/mol. The Balaban J connectivity index is 1.39. The molecular formula is C27H39N5O3. The number of pyridine rings is 1. The number of aryl methyl sites for hydroxylation is 1. The third-order valence-corrected chi connectivity index (χ3v) is 7.55. The van der Waals surface area contributed by atoms with Gasteiger partial charge < -0.3 is 10.1 Å². The van der Waals surface area contributed by atoms with Crippen LogP contribution in [0.5, 0.6) is 0 Å². The van der Waals surface area contributed by atoms with E-state index < -0.39 is 11.2 Å². The van der Waals surface area contributed by atoms with Crippen molar-refractivity contribution in [2.75, 3.05) is 5.32 Å². The maximum atomic E-state index is 12.6. The SMILES string of the molecule is CCn1ncc2c(NC3CCCCC3)c(C3=CC4(CCC(C(=O)OC(C)(C)C)CC4)ON3)cnc21. The lowest BCUT2D eigenvalue weighted by Gasteiger charge is -2.34. The molecular weight excluding hydrogens is 442 g/mol. The molecule has 190 valence electrons. The molecule has 8 heteroatoms. The number of fused-ring (bicyclic) bond motifs is 1. The van der Waals surface area contributed by atoms with Crippen LogP contribution >= 0.6 is 0 Å². The van der Waals surface area contributed by atoms with Crippen LogP contribution in [-0.2, 0) is 20.9 Å².